The SMILES string of the molecule is Cn1c(=O)ccc2ccc(NC(=O)NCc3cccc(CS(N)(=O)=O)c3)cc21. The molecule has 28 heavy (non-hydrogen) atoms. The lowest BCUT2D eigenvalue weighted by Gasteiger charge is -2.10. The Kier molecular flexibility index (Phi) is 5.48. The topological polar surface area (TPSA) is 123 Å². The smallest absolute Gasteiger partial charge is 0.319 e. The van der Waals surface area contributed by atoms with Crippen molar-refractivity contribution in [1.29, 1.82) is 0 Å². The fourth-order valence-electron chi connectivity index (χ4n) is 2.86. The summed E-state index contributed by atoms with van der Waals surface area (Å²) in [5, 5.41) is 11.4. The first kappa shape index (κ1) is 19.6. The minimum Gasteiger partial charge on any atom is -0.334 e. The van der Waals surface area contributed by atoms with E-state index >= 15 is 0 Å². The molecule has 1 heterocycles. The number of fused-ring (bicyclic) bond motifs is 1. The molecule has 146 valence electrons. The first-order chi connectivity index (χ1) is 13.2. The zero-order valence-electron chi connectivity index (χ0n) is 15.2. The fraction of sp³-hybridized carbons (Fsp3) is 0.158. The Hall–Kier alpha value is -3.17. The second kappa shape index (κ2) is 7.83. The van der Waals surface area contributed by atoms with Crippen LogP contribution in [0.1, 0.15) is 11.1 Å². The second-order valence-corrected chi connectivity index (χ2v) is 8.05. The van der Waals surface area contributed by atoms with E-state index in [9.17, 15) is 18.0 Å². The van der Waals surface area contributed by atoms with E-state index in [1.165, 1.54) is 10.6 Å². The molecule has 1 aromatic heterocycles. The van der Waals surface area contributed by atoms with Crippen molar-refractivity contribution in [3.05, 3.63) is 76.1 Å². The number of hydrogen-bond acceptors (Lipinski definition) is 4. The van der Waals surface area contributed by atoms with E-state index in [-0.39, 0.29) is 17.9 Å². The number of primary sulfonamides is 1. The molecule has 0 radical (unpaired) electrons. The van der Waals surface area contributed by atoms with Gasteiger partial charge in [0, 0.05) is 25.3 Å². The first-order valence-electron chi connectivity index (χ1n) is 8.44. The number of pyridine rings is 1. The molecule has 0 aliphatic heterocycles. The molecule has 0 saturated heterocycles. The molecular weight excluding hydrogens is 380 g/mol. The summed E-state index contributed by atoms with van der Waals surface area (Å²) >= 11 is 0. The third-order valence-corrected chi connectivity index (χ3v) is 4.93. The first-order valence-corrected chi connectivity index (χ1v) is 10.2. The van der Waals surface area contributed by atoms with Crippen LogP contribution in [0.2, 0.25) is 0 Å². The van der Waals surface area contributed by atoms with E-state index < -0.39 is 16.1 Å². The van der Waals surface area contributed by atoms with Gasteiger partial charge in [0.15, 0.2) is 0 Å². The number of carbonyl (C=O) groups is 1. The Morgan fingerprint density at radius 3 is 2.54 bits per heavy atom. The van der Waals surface area contributed by atoms with Gasteiger partial charge in [-0.1, -0.05) is 30.3 Å². The molecule has 4 N–H and O–H groups in total. The molecule has 3 rings (SSSR count). The van der Waals surface area contributed by atoms with Crippen molar-refractivity contribution in [3.8, 4) is 0 Å². The molecule has 8 nitrogen and oxygen atoms in total. The molecular formula is C19H20N4O4S. The van der Waals surface area contributed by atoms with Gasteiger partial charge in [0.25, 0.3) is 5.56 Å². The quantitative estimate of drug-likeness (QED) is 0.602. The van der Waals surface area contributed by atoms with Gasteiger partial charge in [0.1, 0.15) is 0 Å². The van der Waals surface area contributed by atoms with Crippen LogP contribution in [-0.4, -0.2) is 19.0 Å². The van der Waals surface area contributed by atoms with E-state index in [1.807, 2.05) is 6.07 Å². The average molecular weight is 400 g/mol. The maximum absolute atomic E-state index is 12.2. The van der Waals surface area contributed by atoms with Gasteiger partial charge >= 0.3 is 6.03 Å². The molecule has 2 aromatic carbocycles. The van der Waals surface area contributed by atoms with Crippen molar-refractivity contribution in [2.75, 3.05) is 5.32 Å². The van der Waals surface area contributed by atoms with Crippen molar-refractivity contribution in [2.24, 2.45) is 12.2 Å². The Bertz CT molecular complexity index is 1200. The molecule has 0 atom stereocenters. The molecule has 0 unspecified atom stereocenters. The molecule has 0 bridgehead atoms. The lowest BCUT2D eigenvalue weighted by molar-refractivity contribution is 0.251. The van der Waals surface area contributed by atoms with Crippen LogP contribution in [0.4, 0.5) is 10.5 Å². The number of benzene rings is 2. The van der Waals surface area contributed by atoms with E-state index in [4.69, 9.17) is 5.14 Å². The van der Waals surface area contributed by atoms with Crippen molar-refractivity contribution in [1.82, 2.24) is 9.88 Å². The van der Waals surface area contributed by atoms with Crippen molar-refractivity contribution in [2.45, 2.75) is 12.3 Å². The molecule has 9 heteroatoms. The minimum absolute atomic E-state index is 0.131. The predicted octanol–water partition coefficient (Wildman–Crippen LogP) is 1.65. The van der Waals surface area contributed by atoms with E-state index in [1.54, 1.807) is 49.5 Å². The number of rotatable bonds is 5. The Morgan fingerprint density at radius 2 is 1.79 bits per heavy atom. The van der Waals surface area contributed by atoms with Crippen LogP contribution in [0, 0.1) is 0 Å². The second-order valence-electron chi connectivity index (χ2n) is 6.44. The van der Waals surface area contributed by atoms with Gasteiger partial charge in [-0.05, 0) is 34.7 Å². The normalized spacial score (nSPS) is 11.4. The highest BCUT2D eigenvalue weighted by molar-refractivity contribution is 7.88. The molecule has 3 aromatic rings. The van der Waals surface area contributed by atoms with E-state index in [0.29, 0.717) is 16.8 Å². The lowest BCUT2D eigenvalue weighted by atomic mass is 10.1. The van der Waals surface area contributed by atoms with Crippen LogP contribution >= 0.6 is 0 Å². The molecule has 0 fully saturated rings. The van der Waals surface area contributed by atoms with Gasteiger partial charge in [0.05, 0.1) is 11.3 Å². The van der Waals surface area contributed by atoms with Crippen LogP contribution in [0.15, 0.2) is 59.4 Å². The predicted molar refractivity (Wildman–Crippen MR) is 108 cm³/mol. The number of urea groups is 1. The Morgan fingerprint density at radius 1 is 1.07 bits per heavy atom. The standard InChI is InChI=1S/C19H20N4O4S/c1-23-17-10-16(7-5-15(17)6-8-18(23)24)22-19(25)21-11-13-3-2-4-14(9-13)12-28(20,26)27/h2-10H,11-12H2,1H3,(H2,20,26,27)(H2,21,22,25). The number of anilines is 1. The van der Waals surface area contributed by atoms with Crippen molar-refractivity contribution < 1.29 is 13.2 Å². The Labute approximate surface area is 162 Å². The van der Waals surface area contributed by atoms with Crippen LogP contribution in [0.5, 0.6) is 0 Å². The number of aromatic nitrogens is 1. The highest BCUT2D eigenvalue weighted by atomic mass is 32.2. The van der Waals surface area contributed by atoms with Crippen LogP contribution in [0.3, 0.4) is 0 Å². The van der Waals surface area contributed by atoms with Gasteiger partial charge in [0.2, 0.25) is 10.0 Å². The zero-order chi connectivity index (χ0) is 20.3. The maximum atomic E-state index is 12.2. The summed E-state index contributed by atoms with van der Waals surface area (Å²) < 4.78 is 23.9. The summed E-state index contributed by atoms with van der Waals surface area (Å²) in [6.07, 6.45) is 0. The van der Waals surface area contributed by atoms with Gasteiger partial charge in [-0.15, -0.1) is 0 Å². The van der Waals surface area contributed by atoms with Gasteiger partial charge < -0.3 is 15.2 Å². The molecule has 2 amide bonds. The molecule has 0 aliphatic rings. The summed E-state index contributed by atoms with van der Waals surface area (Å²) in [5.74, 6) is -0.261. The van der Waals surface area contributed by atoms with Gasteiger partial charge in [-0.2, -0.15) is 0 Å². The molecule has 0 aliphatic carbocycles. The highest BCUT2D eigenvalue weighted by Crippen LogP contribution is 2.17. The van der Waals surface area contributed by atoms with Crippen molar-refractivity contribution >= 4 is 32.6 Å². The van der Waals surface area contributed by atoms with E-state index in [2.05, 4.69) is 10.6 Å². The number of nitrogens with zero attached hydrogens (tertiary/aromatic N) is 1. The van der Waals surface area contributed by atoms with Gasteiger partial charge in [-0.25, -0.2) is 18.4 Å². The summed E-state index contributed by atoms with van der Waals surface area (Å²) in [4.78, 5) is 23.9. The molecule has 0 spiro atoms. The fourth-order valence-corrected chi connectivity index (χ4v) is 3.51. The maximum Gasteiger partial charge on any atom is 0.319 e. The summed E-state index contributed by atoms with van der Waals surface area (Å²) in [5.41, 5.74) is 2.43. The highest BCUT2D eigenvalue weighted by Gasteiger charge is 2.07. The number of hydrogen-bond donors (Lipinski definition) is 3. The van der Waals surface area contributed by atoms with Crippen molar-refractivity contribution in [3.63, 3.8) is 0 Å². The largest absolute Gasteiger partial charge is 0.334 e. The van der Waals surface area contributed by atoms with Gasteiger partial charge in [-0.3, -0.25) is 4.79 Å². The number of sulfonamides is 1. The summed E-state index contributed by atoms with van der Waals surface area (Å²) in [7, 11) is -1.94. The van der Waals surface area contributed by atoms with Crippen LogP contribution in [0.25, 0.3) is 10.9 Å². The number of aryl methyl sites for hydroxylation is 1. The molecule has 0 saturated carbocycles. The number of carbonyl (C=O) groups excluding carboxylic acids is 1. The Balaban J connectivity index is 1.66. The number of nitrogens with two attached hydrogens (primary N) is 1. The van der Waals surface area contributed by atoms with Crippen LogP contribution in [-0.2, 0) is 29.4 Å². The van der Waals surface area contributed by atoms with Crippen LogP contribution < -0.4 is 21.3 Å². The third kappa shape index (κ3) is 4.96. The average Bonchev–Trinajstić information content (AvgIpc) is 2.62. The van der Waals surface area contributed by atoms with E-state index in [0.717, 1.165) is 10.9 Å². The third-order valence-electron chi connectivity index (χ3n) is 4.20. The minimum atomic E-state index is -3.61. The summed E-state index contributed by atoms with van der Waals surface area (Å²) in [6, 6.07) is 14.9. The summed E-state index contributed by atoms with van der Waals surface area (Å²) in [6.45, 7) is 0.219. The lowest BCUT2D eigenvalue weighted by Crippen LogP contribution is -2.28. The number of amides is 2. The number of nitrogens with one attached hydrogen (secondary N) is 2. The monoisotopic (exact) mass is 400 g/mol. The zero-order valence-corrected chi connectivity index (χ0v) is 16.0.